The van der Waals surface area contributed by atoms with Crippen LogP contribution in [0.2, 0.25) is 0 Å². The average Bonchev–Trinajstić information content (AvgIpc) is 2.18. The Kier molecular flexibility index (Phi) is 6.73. The molecule has 0 bridgehead atoms. The van der Waals surface area contributed by atoms with E-state index in [0.29, 0.717) is 11.4 Å². The van der Waals surface area contributed by atoms with Crippen molar-refractivity contribution < 1.29 is 10.0 Å². The summed E-state index contributed by atoms with van der Waals surface area (Å²) in [5, 5.41) is 17.9. The molecule has 0 radical (unpaired) electrons. The summed E-state index contributed by atoms with van der Waals surface area (Å²) in [6, 6.07) is 6.32. The third-order valence-electron chi connectivity index (χ3n) is 1.21. The normalized spacial score (nSPS) is 8.79. The van der Waals surface area contributed by atoms with Crippen LogP contribution < -0.4 is 5.73 Å². The molecule has 1 aromatic carbocycles. The first-order valence-corrected chi connectivity index (χ1v) is 4.31. The number of nitro benzene ring substituents is 1. The smallest absolute Gasteiger partial charge is 0.282 e. The topological polar surface area (TPSA) is 89.4 Å². The largest absolute Gasteiger partial charge is 0.395 e. The molecule has 3 N–H and O–H groups in total. The highest BCUT2D eigenvalue weighted by atomic mass is 32.1. The van der Waals surface area contributed by atoms with E-state index in [1.54, 1.807) is 18.2 Å². The fourth-order valence-electron chi connectivity index (χ4n) is 0.619. The molecule has 0 heterocycles. The van der Waals surface area contributed by atoms with Crippen LogP contribution in [0, 0.1) is 10.1 Å². The Morgan fingerprint density at radius 3 is 2.29 bits per heavy atom. The lowest BCUT2D eigenvalue weighted by molar-refractivity contribution is -0.387. The van der Waals surface area contributed by atoms with Crippen molar-refractivity contribution in [1.82, 2.24) is 0 Å². The molecule has 0 unspecified atom stereocenters. The zero-order valence-electron chi connectivity index (χ0n) is 7.46. The second kappa shape index (κ2) is 7.31. The van der Waals surface area contributed by atoms with E-state index in [1.165, 1.54) is 6.07 Å². The quantitative estimate of drug-likeness (QED) is 0.388. The molecular weight excluding hydrogens is 204 g/mol. The molecule has 0 atom stereocenters. The molecule has 6 heteroatoms. The molecular formula is C8H12N2O3S. The number of para-hydroxylation sites is 1. The molecule has 5 nitrogen and oxygen atoms in total. The van der Waals surface area contributed by atoms with Gasteiger partial charge in [0.05, 0.1) is 16.4 Å². The number of nitrogens with zero attached hydrogens (tertiary/aromatic N) is 1. The highest BCUT2D eigenvalue weighted by Crippen LogP contribution is 2.20. The summed E-state index contributed by atoms with van der Waals surface area (Å²) in [4.78, 5) is 10.1. The van der Waals surface area contributed by atoms with Crippen molar-refractivity contribution in [3.63, 3.8) is 0 Å². The van der Waals surface area contributed by atoms with E-state index >= 15 is 0 Å². The maximum atomic E-state index is 10.2. The Balaban J connectivity index is 0.000000364. The Hall–Kier alpha value is -1.11. The average molecular weight is 216 g/mol. The van der Waals surface area contributed by atoms with E-state index in [-0.39, 0.29) is 12.3 Å². The van der Waals surface area contributed by atoms with Crippen LogP contribution in [0.4, 0.5) is 5.69 Å². The van der Waals surface area contributed by atoms with Crippen LogP contribution in [0.1, 0.15) is 0 Å². The first kappa shape index (κ1) is 12.9. The van der Waals surface area contributed by atoms with Gasteiger partial charge in [-0.2, -0.15) is 0 Å². The standard InChI is InChI=1S/C6H5NO2S.C2H7NO/c8-7(9)5-3-1-2-4-6(5)10;3-1-2-4/h1-4,10H;4H,1-3H2. The number of aliphatic hydroxyl groups excluding tert-OH is 1. The van der Waals surface area contributed by atoms with Gasteiger partial charge >= 0.3 is 0 Å². The Morgan fingerprint density at radius 2 is 2.00 bits per heavy atom. The first-order chi connectivity index (χ1) is 6.63. The van der Waals surface area contributed by atoms with Crippen LogP contribution in [-0.4, -0.2) is 23.2 Å². The van der Waals surface area contributed by atoms with Crippen molar-refractivity contribution in [3.05, 3.63) is 34.4 Å². The molecule has 1 rings (SSSR count). The van der Waals surface area contributed by atoms with Gasteiger partial charge in [-0.25, -0.2) is 0 Å². The van der Waals surface area contributed by atoms with Crippen LogP contribution in [0.3, 0.4) is 0 Å². The van der Waals surface area contributed by atoms with Crippen LogP contribution in [0.15, 0.2) is 29.2 Å². The van der Waals surface area contributed by atoms with Crippen molar-refractivity contribution in [2.45, 2.75) is 4.90 Å². The van der Waals surface area contributed by atoms with Crippen LogP contribution in [0.5, 0.6) is 0 Å². The maximum absolute atomic E-state index is 10.2. The molecule has 0 aromatic heterocycles. The number of hydrogen-bond donors (Lipinski definition) is 3. The molecule has 14 heavy (non-hydrogen) atoms. The van der Waals surface area contributed by atoms with Crippen molar-refractivity contribution in [3.8, 4) is 0 Å². The van der Waals surface area contributed by atoms with Gasteiger partial charge in [0.15, 0.2) is 0 Å². The lowest BCUT2D eigenvalue weighted by atomic mass is 10.3. The number of rotatable bonds is 2. The monoisotopic (exact) mass is 216 g/mol. The third-order valence-corrected chi connectivity index (χ3v) is 1.59. The van der Waals surface area contributed by atoms with E-state index in [2.05, 4.69) is 12.6 Å². The highest BCUT2D eigenvalue weighted by molar-refractivity contribution is 7.80. The molecule has 0 amide bonds. The number of nitro groups is 1. The Labute approximate surface area is 87.1 Å². The molecule has 1 aromatic rings. The molecule has 0 aliphatic carbocycles. The van der Waals surface area contributed by atoms with Gasteiger partial charge in [0, 0.05) is 12.6 Å². The van der Waals surface area contributed by atoms with Crippen molar-refractivity contribution in [2.24, 2.45) is 5.73 Å². The number of thiol groups is 1. The van der Waals surface area contributed by atoms with Crippen LogP contribution >= 0.6 is 12.6 Å². The number of hydrogen-bond acceptors (Lipinski definition) is 5. The Morgan fingerprint density at radius 1 is 1.50 bits per heavy atom. The minimum Gasteiger partial charge on any atom is -0.395 e. The zero-order valence-corrected chi connectivity index (χ0v) is 8.35. The van der Waals surface area contributed by atoms with Crippen LogP contribution in [-0.2, 0) is 0 Å². The highest BCUT2D eigenvalue weighted by Gasteiger charge is 2.06. The number of nitrogens with two attached hydrogens (primary N) is 1. The molecule has 78 valence electrons. The first-order valence-electron chi connectivity index (χ1n) is 3.86. The molecule has 0 spiro atoms. The number of aliphatic hydroxyl groups is 1. The van der Waals surface area contributed by atoms with Crippen molar-refractivity contribution in [2.75, 3.05) is 13.2 Å². The van der Waals surface area contributed by atoms with Crippen LogP contribution in [0.25, 0.3) is 0 Å². The predicted octanol–water partition coefficient (Wildman–Crippen LogP) is 0.821. The van der Waals surface area contributed by atoms with Gasteiger partial charge < -0.3 is 10.8 Å². The van der Waals surface area contributed by atoms with Crippen molar-refractivity contribution in [1.29, 1.82) is 0 Å². The molecule has 0 saturated heterocycles. The van der Waals surface area contributed by atoms with Gasteiger partial charge in [0.2, 0.25) is 0 Å². The summed E-state index contributed by atoms with van der Waals surface area (Å²) in [6.07, 6.45) is 0. The second-order valence-electron chi connectivity index (χ2n) is 2.26. The van der Waals surface area contributed by atoms with E-state index in [4.69, 9.17) is 10.8 Å². The fraction of sp³-hybridized carbons (Fsp3) is 0.250. The zero-order chi connectivity index (χ0) is 11.0. The van der Waals surface area contributed by atoms with Gasteiger partial charge in [-0.3, -0.25) is 10.1 Å². The lowest BCUT2D eigenvalue weighted by Crippen LogP contribution is -2.02. The summed E-state index contributed by atoms with van der Waals surface area (Å²) in [5.41, 5.74) is 4.82. The summed E-state index contributed by atoms with van der Waals surface area (Å²) in [7, 11) is 0. The minimum atomic E-state index is -0.456. The third kappa shape index (κ3) is 4.80. The minimum absolute atomic E-state index is 0.0471. The predicted molar refractivity (Wildman–Crippen MR) is 56.5 cm³/mol. The fourth-order valence-corrected chi connectivity index (χ4v) is 0.861. The summed E-state index contributed by atoms with van der Waals surface area (Å²) < 4.78 is 0. The maximum Gasteiger partial charge on any atom is 0.282 e. The summed E-state index contributed by atoms with van der Waals surface area (Å²) in [6.45, 7) is 0.472. The Bertz CT molecular complexity index is 292. The SMILES string of the molecule is NCCO.O=[N+]([O-])c1ccccc1S. The van der Waals surface area contributed by atoms with E-state index in [1.807, 2.05) is 0 Å². The molecule has 0 saturated carbocycles. The van der Waals surface area contributed by atoms with E-state index in [0.717, 1.165) is 0 Å². The molecule has 0 aliphatic heterocycles. The second-order valence-corrected chi connectivity index (χ2v) is 2.74. The van der Waals surface area contributed by atoms with Gasteiger partial charge in [-0.1, -0.05) is 12.1 Å². The van der Waals surface area contributed by atoms with E-state index in [9.17, 15) is 10.1 Å². The van der Waals surface area contributed by atoms with Crippen molar-refractivity contribution >= 4 is 18.3 Å². The van der Waals surface area contributed by atoms with Gasteiger partial charge in [0.25, 0.3) is 5.69 Å². The van der Waals surface area contributed by atoms with Gasteiger partial charge in [-0.05, 0) is 6.07 Å². The lowest BCUT2D eigenvalue weighted by Gasteiger charge is -1.91. The summed E-state index contributed by atoms with van der Waals surface area (Å²) >= 11 is 3.90. The van der Waals surface area contributed by atoms with Gasteiger partial charge in [-0.15, -0.1) is 12.6 Å². The van der Waals surface area contributed by atoms with E-state index < -0.39 is 4.92 Å². The molecule has 0 aliphatic rings. The van der Waals surface area contributed by atoms with Gasteiger partial charge in [0.1, 0.15) is 0 Å². The molecule has 0 fully saturated rings. The number of benzene rings is 1. The summed E-state index contributed by atoms with van der Waals surface area (Å²) in [5.74, 6) is 0.